The summed E-state index contributed by atoms with van der Waals surface area (Å²) in [5.41, 5.74) is 0. The van der Waals surface area contributed by atoms with Gasteiger partial charge in [0.05, 0.1) is 18.0 Å². The molecule has 8 heavy (non-hydrogen) atoms. The van der Waals surface area contributed by atoms with Crippen molar-refractivity contribution < 1.29 is 4.74 Å². The van der Waals surface area contributed by atoms with Gasteiger partial charge in [-0.2, -0.15) is 11.8 Å². The molecule has 1 nitrogen and oxygen atoms in total. The third-order valence-corrected chi connectivity index (χ3v) is 3.25. The third kappa shape index (κ3) is 0.669. The topological polar surface area (TPSA) is 9.23 Å². The Kier molecular flexibility index (Phi) is 1.23. The van der Waals surface area contributed by atoms with Gasteiger partial charge >= 0.3 is 0 Å². The van der Waals surface area contributed by atoms with Crippen LogP contribution < -0.4 is 0 Å². The van der Waals surface area contributed by atoms with Gasteiger partial charge in [0.1, 0.15) is 0 Å². The molecule has 2 heteroatoms. The van der Waals surface area contributed by atoms with Gasteiger partial charge in [-0.3, -0.25) is 0 Å². The zero-order valence-corrected chi connectivity index (χ0v) is 5.62. The maximum Gasteiger partial charge on any atom is 0.0716 e. The van der Waals surface area contributed by atoms with E-state index in [0.29, 0.717) is 6.10 Å². The Bertz CT molecular complexity index is 82.5. The number of hydrogen-bond donors (Lipinski definition) is 0. The minimum atomic E-state index is 0.647. The second kappa shape index (κ2) is 1.92. The Balaban J connectivity index is 1.92. The highest BCUT2D eigenvalue weighted by Gasteiger charge is 2.34. The van der Waals surface area contributed by atoms with Crippen molar-refractivity contribution in [2.45, 2.75) is 24.2 Å². The molecule has 2 rings (SSSR count). The third-order valence-electron chi connectivity index (χ3n) is 1.85. The van der Waals surface area contributed by atoms with E-state index in [2.05, 4.69) is 11.8 Å². The van der Waals surface area contributed by atoms with Gasteiger partial charge in [0.2, 0.25) is 0 Å². The van der Waals surface area contributed by atoms with Crippen LogP contribution in [0, 0.1) is 0 Å². The van der Waals surface area contributed by atoms with Gasteiger partial charge in [0.15, 0.2) is 0 Å². The van der Waals surface area contributed by atoms with E-state index in [1.807, 2.05) is 0 Å². The summed E-state index contributed by atoms with van der Waals surface area (Å²) in [6, 6.07) is 0. The summed E-state index contributed by atoms with van der Waals surface area (Å²) in [6.07, 6.45) is 3.33. The summed E-state index contributed by atoms with van der Waals surface area (Å²) in [7, 11) is 0. The van der Waals surface area contributed by atoms with E-state index < -0.39 is 0 Å². The highest BCUT2D eigenvalue weighted by Crippen LogP contribution is 2.34. The fraction of sp³-hybridized carbons (Fsp3) is 1.00. The quantitative estimate of drug-likeness (QED) is 0.488. The number of hydrogen-bond acceptors (Lipinski definition) is 2. The van der Waals surface area contributed by atoms with Crippen molar-refractivity contribution in [3.63, 3.8) is 0 Å². The van der Waals surface area contributed by atoms with E-state index in [9.17, 15) is 0 Å². The molecule has 2 atom stereocenters. The Morgan fingerprint density at radius 2 is 2.50 bits per heavy atom. The zero-order valence-electron chi connectivity index (χ0n) is 4.80. The van der Waals surface area contributed by atoms with Crippen molar-refractivity contribution in [1.29, 1.82) is 0 Å². The predicted molar refractivity (Wildman–Crippen MR) is 35.2 cm³/mol. The van der Waals surface area contributed by atoms with E-state index in [1.54, 1.807) is 0 Å². The molecule has 2 heterocycles. The van der Waals surface area contributed by atoms with Crippen LogP contribution in [0.4, 0.5) is 0 Å². The first kappa shape index (κ1) is 5.12. The minimum absolute atomic E-state index is 0.647. The average molecular weight is 130 g/mol. The fourth-order valence-electron chi connectivity index (χ4n) is 1.25. The molecule has 0 aromatic rings. The van der Waals surface area contributed by atoms with E-state index in [0.717, 1.165) is 11.9 Å². The van der Waals surface area contributed by atoms with Crippen molar-refractivity contribution in [1.82, 2.24) is 0 Å². The van der Waals surface area contributed by atoms with Crippen LogP contribution in [0.2, 0.25) is 0 Å². The molecular weight excluding hydrogens is 120 g/mol. The Hall–Kier alpha value is 0.310. The van der Waals surface area contributed by atoms with Crippen molar-refractivity contribution in [3.05, 3.63) is 0 Å². The number of rotatable bonds is 0. The molecule has 46 valence electrons. The number of thioether (sulfide) groups is 1. The molecule has 2 aliphatic heterocycles. The smallest absolute Gasteiger partial charge is 0.0716 e. The summed E-state index contributed by atoms with van der Waals surface area (Å²) in [5, 5.41) is 0.878. The Morgan fingerprint density at radius 3 is 2.88 bits per heavy atom. The molecule has 0 amide bonds. The lowest BCUT2D eigenvalue weighted by molar-refractivity contribution is -0.0487. The average Bonchev–Trinajstić information content (AvgIpc) is 1.72. The first-order valence-electron chi connectivity index (χ1n) is 3.20. The van der Waals surface area contributed by atoms with Crippen LogP contribution in [0.15, 0.2) is 0 Å². The molecule has 0 aromatic carbocycles. The van der Waals surface area contributed by atoms with E-state index in [1.165, 1.54) is 18.6 Å². The lowest BCUT2D eigenvalue weighted by atomic mass is 10.1. The van der Waals surface area contributed by atoms with Gasteiger partial charge in [-0.15, -0.1) is 0 Å². The van der Waals surface area contributed by atoms with Crippen LogP contribution in [-0.2, 0) is 4.74 Å². The molecule has 2 fully saturated rings. The summed E-state index contributed by atoms with van der Waals surface area (Å²) < 4.78 is 5.31. The van der Waals surface area contributed by atoms with Gasteiger partial charge in [-0.05, 0) is 18.6 Å². The van der Waals surface area contributed by atoms with Gasteiger partial charge in [0.25, 0.3) is 0 Å². The van der Waals surface area contributed by atoms with Crippen LogP contribution in [0.5, 0.6) is 0 Å². The lowest BCUT2D eigenvalue weighted by Gasteiger charge is -2.39. The lowest BCUT2D eigenvalue weighted by Crippen LogP contribution is -2.44. The standard InChI is InChI=1S/C6H10OS/c1-2-5-6(4-7-5)8-3-1/h5-6H,1-4H2. The summed E-state index contributed by atoms with van der Waals surface area (Å²) in [6.45, 7) is 1.02. The minimum Gasteiger partial charge on any atom is -0.376 e. The van der Waals surface area contributed by atoms with Gasteiger partial charge in [0, 0.05) is 0 Å². The molecule has 0 aliphatic carbocycles. The van der Waals surface area contributed by atoms with E-state index >= 15 is 0 Å². The predicted octanol–water partition coefficient (Wildman–Crippen LogP) is 1.28. The van der Waals surface area contributed by atoms with Crippen molar-refractivity contribution in [3.8, 4) is 0 Å². The second-order valence-corrected chi connectivity index (χ2v) is 3.77. The molecule has 2 unspecified atom stereocenters. The van der Waals surface area contributed by atoms with Gasteiger partial charge < -0.3 is 4.74 Å². The van der Waals surface area contributed by atoms with Crippen LogP contribution in [0.25, 0.3) is 0 Å². The highest BCUT2D eigenvalue weighted by atomic mass is 32.2. The molecule has 0 bridgehead atoms. The van der Waals surface area contributed by atoms with E-state index in [-0.39, 0.29) is 0 Å². The van der Waals surface area contributed by atoms with Gasteiger partial charge in [-0.1, -0.05) is 0 Å². The van der Waals surface area contributed by atoms with Gasteiger partial charge in [-0.25, -0.2) is 0 Å². The number of ether oxygens (including phenoxy) is 1. The Labute approximate surface area is 53.8 Å². The van der Waals surface area contributed by atoms with Crippen LogP contribution in [0.1, 0.15) is 12.8 Å². The Morgan fingerprint density at radius 1 is 1.50 bits per heavy atom. The first-order valence-corrected chi connectivity index (χ1v) is 4.25. The van der Waals surface area contributed by atoms with E-state index in [4.69, 9.17) is 4.74 Å². The maximum atomic E-state index is 5.31. The second-order valence-electron chi connectivity index (χ2n) is 2.42. The van der Waals surface area contributed by atoms with Crippen LogP contribution in [-0.4, -0.2) is 23.7 Å². The molecular formula is C6H10OS. The summed E-state index contributed by atoms with van der Waals surface area (Å²) in [5.74, 6) is 1.37. The summed E-state index contributed by atoms with van der Waals surface area (Å²) >= 11 is 2.09. The normalized spacial score (nSPS) is 45.0. The molecule has 0 aromatic heterocycles. The molecule has 0 spiro atoms. The molecule has 2 saturated heterocycles. The van der Waals surface area contributed by atoms with Crippen LogP contribution in [0.3, 0.4) is 0 Å². The SMILES string of the molecule is C1CSC2COC2C1. The first-order chi connectivity index (χ1) is 3.97. The van der Waals surface area contributed by atoms with Crippen LogP contribution >= 0.6 is 11.8 Å². The number of fused-ring (bicyclic) bond motifs is 1. The highest BCUT2D eigenvalue weighted by molar-refractivity contribution is 8.00. The monoisotopic (exact) mass is 130 g/mol. The van der Waals surface area contributed by atoms with Crippen molar-refractivity contribution >= 4 is 11.8 Å². The molecule has 0 N–H and O–H groups in total. The van der Waals surface area contributed by atoms with Crippen molar-refractivity contribution in [2.24, 2.45) is 0 Å². The molecule has 0 saturated carbocycles. The summed E-state index contributed by atoms with van der Waals surface area (Å²) in [4.78, 5) is 0. The molecule has 2 aliphatic rings. The zero-order chi connectivity index (χ0) is 5.40. The largest absolute Gasteiger partial charge is 0.376 e. The van der Waals surface area contributed by atoms with Crippen molar-refractivity contribution in [2.75, 3.05) is 12.4 Å². The fourth-order valence-corrected chi connectivity index (χ4v) is 2.49. The maximum absolute atomic E-state index is 5.31. The molecule has 0 radical (unpaired) electrons.